The predicted molar refractivity (Wildman–Crippen MR) is 282 cm³/mol. The van der Waals surface area contributed by atoms with Gasteiger partial charge in [0.15, 0.2) is 12.4 Å². The fourth-order valence-corrected chi connectivity index (χ4v) is 8.91. The van der Waals surface area contributed by atoms with Gasteiger partial charge in [0.2, 0.25) is 0 Å². The van der Waals surface area contributed by atoms with Gasteiger partial charge in [0.05, 0.1) is 32.5 Å². The minimum Gasteiger partial charge on any atom is -0.756 e. The Morgan fingerprint density at radius 2 is 1.11 bits per heavy atom. The first-order valence-electron chi connectivity index (χ1n) is 27.8. The summed E-state index contributed by atoms with van der Waals surface area (Å²) in [6.07, 6.45) is 21.0. The molecule has 74 heavy (non-hydrogen) atoms. The first-order valence-corrected chi connectivity index (χ1v) is 29.2. The molecule has 0 aromatic heterocycles. The van der Waals surface area contributed by atoms with Crippen LogP contribution in [-0.4, -0.2) is 160 Å². The molecule has 438 valence electrons. The highest BCUT2D eigenvalue weighted by Gasteiger charge is 2.46. The molecule has 0 radical (unpaired) electrons. The number of esters is 2. The lowest BCUT2D eigenvalue weighted by Gasteiger charge is -2.42. The number of phosphoric ester groups is 1. The summed E-state index contributed by atoms with van der Waals surface area (Å²) in [5.74, 6) is -1.09. The first kappa shape index (κ1) is 72.0. The summed E-state index contributed by atoms with van der Waals surface area (Å²) in [6.45, 7) is 0.431. The van der Waals surface area contributed by atoms with Crippen molar-refractivity contribution in [3.63, 3.8) is 0 Å². The number of hydrogen-bond acceptors (Lipinski definition) is 19. The van der Waals surface area contributed by atoms with Crippen molar-refractivity contribution in [3.05, 3.63) is 24.3 Å². The Labute approximate surface area is 443 Å². The van der Waals surface area contributed by atoms with E-state index >= 15 is 0 Å². The van der Waals surface area contributed by atoms with E-state index in [-0.39, 0.29) is 25.5 Å². The van der Waals surface area contributed by atoms with Crippen molar-refractivity contribution in [1.82, 2.24) is 11.5 Å². The van der Waals surface area contributed by atoms with E-state index in [0.717, 1.165) is 77.0 Å². The highest BCUT2D eigenvalue weighted by Crippen LogP contribution is 2.38. The maximum absolute atomic E-state index is 12.9. The maximum Gasteiger partial charge on any atom is 0.306 e. The molecule has 11 unspecified atom stereocenters. The highest BCUT2D eigenvalue weighted by molar-refractivity contribution is 7.45. The third-order valence-corrected chi connectivity index (χ3v) is 13.7. The van der Waals surface area contributed by atoms with E-state index in [4.69, 9.17) is 28.0 Å². The van der Waals surface area contributed by atoms with Crippen LogP contribution in [0.5, 0.6) is 0 Å². The summed E-state index contributed by atoms with van der Waals surface area (Å²) in [7, 11) is -5.01. The lowest BCUT2D eigenvalue weighted by Crippen LogP contribution is -2.61. The van der Waals surface area contributed by atoms with Gasteiger partial charge in [0.1, 0.15) is 49.3 Å². The van der Waals surface area contributed by atoms with E-state index in [1.54, 1.807) is 0 Å². The van der Waals surface area contributed by atoms with E-state index in [9.17, 15) is 59.9 Å². The summed E-state index contributed by atoms with van der Waals surface area (Å²) in [5, 5.41) is 83.7. The average Bonchev–Trinajstić information content (AvgIpc) is 3.37. The monoisotopic (exact) mass is 1090 g/mol. The van der Waals surface area contributed by atoms with Crippen LogP contribution in [0.2, 0.25) is 0 Å². The molecule has 0 spiro atoms. The van der Waals surface area contributed by atoms with Crippen LogP contribution in [0.1, 0.15) is 194 Å². The number of allylic oxidation sites excluding steroid dienone is 4. The van der Waals surface area contributed by atoms with Gasteiger partial charge in [-0.25, -0.2) is 0 Å². The summed E-state index contributed by atoms with van der Waals surface area (Å²) < 4.78 is 44.2. The molecule has 1 heterocycles. The standard InChI is InChI=1S/C53H100NO18P.H3N/c1-3-5-7-9-11-13-15-17-19-21-23-25-27-29-31-33-46(59)67-40-42(70-47(60)34-32-30-28-26-24-22-20-18-16-14-12-10-8-6-4-2)41-69-73(65,66)68-36-35-54-37-43(57)48(61)52(44(58)38-55)72-53-51(64)50(63)49(62)45(39-56)71-53;/h17-20,42-45,48-58,61-64H,3-16,21-41H2,1-2H3,(H,65,66);1H3/b19-17+,20-18+;. The molecule has 21 heteroatoms. The fraction of sp³-hybridized carbons (Fsp3) is 0.887. The SMILES string of the molecule is CCCCCCCC/C=C/CCCCCCCC(=O)OCC(COP(=O)([O-])OCCNCC(O)C(O)C(OC1OC(CO)C(O)C(O)C1O)C(O)CO)OC(=O)CCCCCCC/C=C/CCCCCCCC.[NH4+]. The summed E-state index contributed by atoms with van der Waals surface area (Å²) >= 11 is 0. The van der Waals surface area contributed by atoms with Crippen molar-refractivity contribution < 1.29 is 87.9 Å². The average molecular weight is 1090 g/mol. The second-order valence-electron chi connectivity index (χ2n) is 19.3. The minimum absolute atomic E-state index is 0. The molecule has 13 N–H and O–H groups in total. The van der Waals surface area contributed by atoms with Gasteiger partial charge in [-0.3, -0.25) is 14.2 Å². The van der Waals surface area contributed by atoms with Crippen molar-refractivity contribution in [2.24, 2.45) is 0 Å². The van der Waals surface area contributed by atoms with Crippen LogP contribution in [0.4, 0.5) is 0 Å². The van der Waals surface area contributed by atoms with Crippen molar-refractivity contribution in [1.29, 1.82) is 0 Å². The number of nitrogens with one attached hydrogen (secondary N) is 1. The zero-order valence-electron chi connectivity index (χ0n) is 45.4. The van der Waals surface area contributed by atoms with Gasteiger partial charge < -0.3 is 85.2 Å². The molecule has 1 aliphatic heterocycles. The molecular formula is C53H103N2O18P. The molecule has 0 aromatic rings. The smallest absolute Gasteiger partial charge is 0.306 e. The number of unbranched alkanes of at least 4 members (excludes halogenated alkanes) is 22. The van der Waals surface area contributed by atoms with Crippen molar-refractivity contribution in [2.75, 3.05) is 46.1 Å². The highest BCUT2D eigenvalue weighted by atomic mass is 31.2. The molecule has 1 saturated heterocycles. The van der Waals surface area contributed by atoms with Crippen LogP contribution in [0.25, 0.3) is 0 Å². The zero-order valence-corrected chi connectivity index (χ0v) is 46.3. The van der Waals surface area contributed by atoms with E-state index in [2.05, 4.69) is 43.5 Å². The molecular weight excluding hydrogens is 984 g/mol. The largest absolute Gasteiger partial charge is 0.756 e. The van der Waals surface area contributed by atoms with E-state index in [1.807, 2.05) is 0 Å². The van der Waals surface area contributed by atoms with Gasteiger partial charge in [-0.15, -0.1) is 0 Å². The van der Waals surface area contributed by atoms with Crippen LogP contribution in [-0.2, 0) is 42.1 Å². The van der Waals surface area contributed by atoms with Gasteiger partial charge in [-0.1, -0.05) is 141 Å². The predicted octanol–water partition coefficient (Wildman–Crippen LogP) is 6.24. The van der Waals surface area contributed by atoms with Crippen molar-refractivity contribution >= 4 is 19.8 Å². The molecule has 0 amide bonds. The number of aliphatic hydroxyl groups excluding tert-OH is 8. The Hall–Kier alpha value is -1.95. The lowest BCUT2D eigenvalue weighted by atomic mass is 9.98. The van der Waals surface area contributed by atoms with Crippen LogP contribution in [0.3, 0.4) is 0 Å². The fourth-order valence-electron chi connectivity index (χ4n) is 8.17. The number of hydrogen-bond donors (Lipinski definition) is 10. The molecule has 0 bridgehead atoms. The molecule has 1 rings (SSSR count). The maximum atomic E-state index is 12.9. The third kappa shape index (κ3) is 36.2. The van der Waals surface area contributed by atoms with Crippen LogP contribution < -0.4 is 16.4 Å². The number of ether oxygens (including phenoxy) is 4. The Bertz CT molecular complexity index is 1450. The topological polar surface area (TPSA) is 340 Å². The number of phosphoric acid groups is 1. The van der Waals surface area contributed by atoms with Gasteiger partial charge in [-0.05, 0) is 64.2 Å². The molecule has 1 aliphatic rings. The van der Waals surface area contributed by atoms with Crippen LogP contribution in [0.15, 0.2) is 24.3 Å². The summed E-state index contributed by atoms with van der Waals surface area (Å²) in [5.41, 5.74) is 0. The Kier molecular flexibility index (Phi) is 45.8. The third-order valence-electron chi connectivity index (χ3n) is 12.8. The van der Waals surface area contributed by atoms with Crippen LogP contribution >= 0.6 is 7.82 Å². The van der Waals surface area contributed by atoms with E-state index in [1.165, 1.54) is 77.0 Å². The summed E-state index contributed by atoms with van der Waals surface area (Å²) in [6, 6.07) is 0. The molecule has 0 saturated carbocycles. The Morgan fingerprint density at radius 1 is 0.635 bits per heavy atom. The Balaban J connectivity index is 0.0000533. The second-order valence-corrected chi connectivity index (χ2v) is 20.8. The zero-order chi connectivity index (χ0) is 54.0. The van der Waals surface area contributed by atoms with Crippen LogP contribution in [0, 0.1) is 0 Å². The number of carbonyl (C=O) groups is 2. The number of aliphatic hydroxyl groups is 8. The van der Waals surface area contributed by atoms with Crippen molar-refractivity contribution in [2.45, 2.75) is 255 Å². The molecule has 20 nitrogen and oxygen atoms in total. The molecule has 0 aliphatic carbocycles. The first-order chi connectivity index (χ1) is 35.2. The number of quaternary nitrogens is 1. The number of rotatable bonds is 49. The molecule has 0 aromatic carbocycles. The normalized spacial score (nSPS) is 21.0. The molecule has 1 fully saturated rings. The quantitative estimate of drug-likeness (QED) is 0.0139. The minimum atomic E-state index is -5.01. The Morgan fingerprint density at radius 3 is 1.59 bits per heavy atom. The van der Waals surface area contributed by atoms with Gasteiger partial charge in [0, 0.05) is 25.9 Å². The van der Waals surface area contributed by atoms with Gasteiger partial charge >= 0.3 is 11.9 Å². The lowest BCUT2D eigenvalue weighted by molar-refractivity contribution is -0.327. The van der Waals surface area contributed by atoms with Crippen molar-refractivity contribution in [3.8, 4) is 0 Å². The van der Waals surface area contributed by atoms with Gasteiger partial charge in [0.25, 0.3) is 7.82 Å². The van der Waals surface area contributed by atoms with E-state index < -0.39 is 121 Å². The molecule has 11 atom stereocenters. The van der Waals surface area contributed by atoms with Gasteiger partial charge in [-0.2, -0.15) is 0 Å². The van der Waals surface area contributed by atoms with E-state index in [0.29, 0.717) is 12.8 Å². The second kappa shape index (κ2) is 47.1. The number of carbonyl (C=O) groups excluding carboxylic acids is 2. The summed E-state index contributed by atoms with van der Waals surface area (Å²) in [4.78, 5) is 38.2.